The molecule has 1 rings (SSSR count). The molecule has 0 aromatic heterocycles. The fourth-order valence-electron chi connectivity index (χ4n) is 1.37. The zero-order valence-electron chi connectivity index (χ0n) is 10.0. The van der Waals surface area contributed by atoms with E-state index in [-0.39, 0.29) is 30.3 Å². The first-order valence-corrected chi connectivity index (χ1v) is 6.60. The van der Waals surface area contributed by atoms with Crippen LogP contribution in [0.4, 0.5) is 0 Å². The number of amides is 2. The van der Waals surface area contributed by atoms with E-state index in [9.17, 15) is 19.2 Å². The highest BCUT2D eigenvalue weighted by Crippen LogP contribution is 2.08. The van der Waals surface area contributed by atoms with E-state index in [0.717, 1.165) is 11.8 Å². The van der Waals surface area contributed by atoms with Crippen LogP contribution in [0.2, 0.25) is 0 Å². The Morgan fingerprint density at radius 2 is 2.21 bits per heavy atom. The van der Waals surface area contributed by atoms with Crippen LogP contribution in [0.3, 0.4) is 0 Å². The van der Waals surface area contributed by atoms with Gasteiger partial charge in [-0.2, -0.15) is 0 Å². The number of rotatable bonds is 5. The molecule has 1 heterocycles. The van der Waals surface area contributed by atoms with Crippen molar-refractivity contribution >= 4 is 34.7 Å². The molecule has 19 heavy (non-hydrogen) atoms. The number of hydrogen-bond donors (Lipinski definition) is 4. The van der Waals surface area contributed by atoms with Gasteiger partial charge in [-0.1, -0.05) is 11.8 Å². The maximum atomic E-state index is 11.5. The first kappa shape index (κ1) is 15.4. The van der Waals surface area contributed by atoms with Crippen molar-refractivity contribution in [3.05, 3.63) is 0 Å². The lowest BCUT2D eigenvalue weighted by Crippen LogP contribution is -2.47. The van der Waals surface area contributed by atoms with Crippen LogP contribution in [0, 0.1) is 0 Å². The van der Waals surface area contributed by atoms with Crippen LogP contribution in [0.15, 0.2) is 0 Å². The van der Waals surface area contributed by atoms with Crippen molar-refractivity contribution in [1.29, 1.82) is 0 Å². The number of carbonyl (C=O) groups excluding carboxylic acids is 3. The molecule has 5 N–H and O–H groups in total. The predicted octanol–water partition coefficient (Wildman–Crippen LogP) is -1.95. The molecule has 8 nitrogen and oxygen atoms in total. The largest absolute Gasteiger partial charge is 0.480 e. The maximum Gasteiger partial charge on any atom is 0.320 e. The van der Waals surface area contributed by atoms with Crippen LogP contribution in [0.25, 0.3) is 0 Å². The summed E-state index contributed by atoms with van der Waals surface area (Å²) in [5, 5.41) is 13.2. The summed E-state index contributed by atoms with van der Waals surface area (Å²) in [4.78, 5) is 44.7. The van der Waals surface area contributed by atoms with Gasteiger partial charge < -0.3 is 21.5 Å². The Labute approximate surface area is 113 Å². The second-order valence-electron chi connectivity index (χ2n) is 4.00. The molecule has 0 aromatic rings. The van der Waals surface area contributed by atoms with Gasteiger partial charge in [0, 0.05) is 12.2 Å². The Morgan fingerprint density at radius 3 is 2.84 bits per heavy atom. The van der Waals surface area contributed by atoms with E-state index in [1.165, 1.54) is 0 Å². The smallest absolute Gasteiger partial charge is 0.320 e. The van der Waals surface area contributed by atoms with Crippen LogP contribution < -0.4 is 16.4 Å². The van der Waals surface area contributed by atoms with Crippen molar-refractivity contribution in [2.75, 3.05) is 12.3 Å². The van der Waals surface area contributed by atoms with Crippen LogP contribution in [0.5, 0.6) is 0 Å². The quantitative estimate of drug-likeness (QED) is 0.461. The third-order valence-electron chi connectivity index (χ3n) is 2.47. The minimum absolute atomic E-state index is 0.0123. The SMILES string of the molecule is N[C@@H](CCC(=O)N[C@H]1CSC(=O)CNC1=O)C(=O)O. The Hall–Kier alpha value is -1.61. The summed E-state index contributed by atoms with van der Waals surface area (Å²) in [6.07, 6.45) is -0.0998. The van der Waals surface area contributed by atoms with Crippen molar-refractivity contribution in [1.82, 2.24) is 10.6 Å². The maximum absolute atomic E-state index is 11.5. The summed E-state index contributed by atoms with van der Waals surface area (Å²) in [6, 6.07) is -1.89. The number of nitrogens with one attached hydrogen (secondary N) is 2. The summed E-state index contributed by atoms with van der Waals surface area (Å²) < 4.78 is 0. The van der Waals surface area contributed by atoms with Gasteiger partial charge in [0.25, 0.3) is 0 Å². The molecule has 1 saturated heterocycles. The van der Waals surface area contributed by atoms with Crippen molar-refractivity contribution in [3.8, 4) is 0 Å². The van der Waals surface area contributed by atoms with Gasteiger partial charge in [0.2, 0.25) is 16.9 Å². The van der Waals surface area contributed by atoms with Gasteiger partial charge in [0.15, 0.2) is 0 Å². The minimum Gasteiger partial charge on any atom is -0.480 e. The van der Waals surface area contributed by atoms with E-state index in [2.05, 4.69) is 10.6 Å². The predicted molar refractivity (Wildman–Crippen MR) is 67.3 cm³/mol. The summed E-state index contributed by atoms with van der Waals surface area (Å²) in [5.74, 6) is -1.90. The fourth-order valence-corrected chi connectivity index (χ4v) is 2.13. The summed E-state index contributed by atoms with van der Waals surface area (Å²) in [6.45, 7) is -0.0558. The van der Waals surface area contributed by atoms with Gasteiger partial charge in [-0.25, -0.2) is 0 Å². The molecule has 0 saturated carbocycles. The number of hydrogen-bond acceptors (Lipinski definition) is 6. The van der Waals surface area contributed by atoms with Crippen molar-refractivity contribution < 1.29 is 24.3 Å². The standard InChI is InChI=1S/C10H15N3O5S/c11-5(10(17)18)1-2-7(14)13-6-4-19-8(15)3-12-9(6)16/h5-6H,1-4,11H2,(H,12,16)(H,13,14)(H,17,18)/t5-,6-/m0/s1. The first-order valence-electron chi connectivity index (χ1n) is 5.61. The first-order chi connectivity index (χ1) is 8.90. The number of carbonyl (C=O) groups is 4. The van der Waals surface area contributed by atoms with E-state index in [4.69, 9.17) is 10.8 Å². The molecular formula is C10H15N3O5S. The third-order valence-corrected chi connectivity index (χ3v) is 3.44. The molecule has 0 radical (unpaired) electrons. The zero-order chi connectivity index (χ0) is 14.4. The van der Waals surface area contributed by atoms with Crippen LogP contribution >= 0.6 is 11.8 Å². The van der Waals surface area contributed by atoms with E-state index in [0.29, 0.717) is 0 Å². The normalized spacial score (nSPS) is 21.2. The monoisotopic (exact) mass is 289 g/mol. The molecular weight excluding hydrogens is 274 g/mol. The number of nitrogens with two attached hydrogens (primary N) is 1. The molecule has 1 aliphatic heterocycles. The minimum atomic E-state index is -1.18. The van der Waals surface area contributed by atoms with Gasteiger partial charge in [-0.15, -0.1) is 0 Å². The molecule has 0 unspecified atom stereocenters. The average Bonchev–Trinajstić information content (AvgIpc) is 2.51. The lowest BCUT2D eigenvalue weighted by atomic mass is 10.1. The highest BCUT2D eigenvalue weighted by atomic mass is 32.2. The zero-order valence-corrected chi connectivity index (χ0v) is 10.9. The lowest BCUT2D eigenvalue weighted by Gasteiger charge is -2.14. The Morgan fingerprint density at radius 1 is 1.53 bits per heavy atom. The van der Waals surface area contributed by atoms with Crippen LogP contribution in [0.1, 0.15) is 12.8 Å². The number of carboxylic acid groups (broad SMARTS) is 1. The van der Waals surface area contributed by atoms with Gasteiger partial charge in [-0.3, -0.25) is 19.2 Å². The van der Waals surface area contributed by atoms with E-state index >= 15 is 0 Å². The lowest BCUT2D eigenvalue weighted by molar-refractivity contribution is -0.138. The van der Waals surface area contributed by atoms with E-state index < -0.39 is 29.9 Å². The summed E-state index contributed by atoms with van der Waals surface area (Å²) in [5.41, 5.74) is 5.26. The molecule has 2 atom stereocenters. The topological polar surface area (TPSA) is 139 Å². The second kappa shape index (κ2) is 7.10. The third kappa shape index (κ3) is 5.26. The van der Waals surface area contributed by atoms with E-state index in [1.54, 1.807) is 0 Å². The molecule has 1 fully saturated rings. The van der Waals surface area contributed by atoms with Crippen LogP contribution in [-0.2, 0) is 19.2 Å². The molecule has 0 aromatic carbocycles. The van der Waals surface area contributed by atoms with Gasteiger partial charge >= 0.3 is 5.97 Å². The highest BCUT2D eigenvalue weighted by Gasteiger charge is 2.26. The Bertz CT molecular complexity index is 401. The van der Waals surface area contributed by atoms with Crippen molar-refractivity contribution in [2.24, 2.45) is 5.73 Å². The second-order valence-corrected chi connectivity index (χ2v) is 5.08. The van der Waals surface area contributed by atoms with E-state index in [1.807, 2.05) is 0 Å². The molecule has 106 valence electrons. The Kier molecular flexibility index (Phi) is 5.77. The van der Waals surface area contributed by atoms with Crippen molar-refractivity contribution in [2.45, 2.75) is 24.9 Å². The molecule has 1 aliphatic rings. The molecule has 0 aliphatic carbocycles. The Balaban J connectivity index is 2.40. The number of carboxylic acids is 1. The fraction of sp³-hybridized carbons (Fsp3) is 0.600. The summed E-state index contributed by atoms with van der Waals surface area (Å²) in [7, 11) is 0. The highest BCUT2D eigenvalue weighted by molar-refractivity contribution is 8.13. The van der Waals surface area contributed by atoms with Crippen molar-refractivity contribution in [3.63, 3.8) is 0 Å². The number of aliphatic carboxylic acids is 1. The van der Waals surface area contributed by atoms with Gasteiger partial charge in [0.1, 0.15) is 12.1 Å². The molecule has 0 bridgehead atoms. The van der Waals surface area contributed by atoms with Gasteiger partial charge in [0.05, 0.1) is 6.54 Å². The molecule has 9 heteroatoms. The average molecular weight is 289 g/mol. The number of thioether (sulfide) groups is 1. The van der Waals surface area contributed by atoms with Gasteiger partial charge in [-0.05, 0) is 6.42 Å². The summed E-state index contributed by atoms with van der Waals surface area (Å²) >= 11 is 0.966. The van der Waals surface area contributed by atoms with Crippen LogP contribution in [-0.4, -0.2) is 52.4 Å². The molecule has 0 spiro atoms. The molecule has 2 amide bonds.